The van der Waals surface area contributed by atoms with Gasteiger partial charge in [0.15, 0.2) is 0 Å². The molecular formula is C36H34O6S. The van der Waals surface area contributed by atoms with Gasteiger partial charge in [0, 0.05) is 16.7 Å². The van der Waals surface area contributed by atoms with E-state index in [4.69, 9.17) is 9.47 Å². The number of para-hydroxylation sites is 1. The van der Waals surface area contributed by atoms with Crippen LogP contribution in [0, 0.1) is 37.5 Å². The first-order chi connectivity index (χ1) is 20.1. The first kappa shape index (κ1) is 31.4. The molecule has 0 unspecified atom stereocenters. The Morgan fingerprint density at radius 3 is 1.98 bits per heavy atom. The molecule has 220 valence electrons. The second kappa shape index (κ2) is 12.4. The molecule has 6 nitrogen and oxygen atoms in total. The Kier molecular flexibility index (Phi) is 9.04. The highest BCUT2D eigenvalue weighted by Crippen LogP contribution is 2.35. The summed E-state index contributed by atoms with van der Waals surface area (Å²) >= 11 is 0. The maximum absolute atomic E-state index is 13.7. The summed E-state index contributed by atoms with van der Waals surface area (Å²) in [6, 6.07) is 23.5. The molecule has 0 atom stereocenters. The number of sulfone groups is 1. The third kappa shape index (κ3) is 8.50. The van der Waals surface area contributed by atoms with E-state index in [1.54, 1.807) is 76.2 Å². The lowest BCUT2D eigenvalue weighted by Gasteiger charge is -2.15. The topological polar surface area (TPSA) is 93.1 Å². The predicted molar refractivity (Wildman–Crippen MR) is 167 cm³/mol. The van der Waals surface area contributed by atoms with Gasteiger partial charge in [-0.2, -0.15) is 0 Å². The fourth-order valence-electron chi connectivity index (χ4n) is 4.01. The molecule has 0 aliphatic carbocycles. The Hall–Kier alpha value is -4.53. The van der Waals surface area contributed by atoms with Crippen LogP contribution in [0.25, 0.3) is 0 Å². The number of benzene rings is 4. The van der Waals surface area contributed by atoms with Crippen molar-refractivity contribution in [1.29, 1.82) is 0 Å². The lowest BCUT2D eigenvalue weighted by atomic mass is 10.1. The van der Waals surface area contributed by atoms with Gasteiger partial charge in [-0.15, -0.1) is 0 Å². The fraction of sp³-hybridized carbons (Fsp3) is 0.222. The predicted octanol–water partition coefficient (Wildman–Crippen LogP) is 6.97. The van der Waals surface area contributed by atoms with E-state index < -0.39 is 21.0 Å². The van der Waals surface area contributed by atoms with E-state index in [-0.39, 0.29) is 15.5 Å². The van der Waals surface area contributed by atoms with Crippen molar-refractivity contribution in [2.45, 2.75) is 62.5 Å². The molecule has 0 amide bonds. The Morgan fingerprint density at radius 2 is 1.30 bits per heavy atom. The second-order valence-electron chi connectivity index (χ2n) is 11.2. The molecule has 0 radical (unpaired) electrons. The van der Waals surface area contributed by atoms with Crippen LogP contribution in [-0.4, -0.2) is 29.8 Å². The first-order valence-electron chi connectivity index (χ1n) is 13.6. The minimum atomic E-state index is -3.95. The molecule has 0 heterocycles. The molecule has 2 N–H and O–H groups in total. The molecule has 0 saturated carbocycles. The van der Waals surface area contributed by atoms with Gasteiger partial charge in [-0.3, -0.25) is 0 Å². The van der Waals surface area contributed by atoms with Gasteiger partial charge in [-0.05, 0) is 114 Å². The van der Waals surface area contributed by atoms with Gasteiger partial charge >= 0.3 is 0 Å². The smallest absolute Gasteiger partial charge is 0.210 e. The molecule has 0 aromatic heterocycles. The van der Waals surface area contributed by atoms with E-state index >= 15 is 0 Å². The summed E-state index contributed by atoms with van der Waals surface area (Å²) in [5.41, 5.74) is 0.737. The number of rotatable bonds is 6. The highest BCUT2D eigenvalue weighted by Gasteiger charge is 2.23. The number of hydrogen-bond donors (Lipinski definition) is 2. The normalized spacial score (nSPS) is 11.5. The van der Waals surface area contributed by atoms with Crippen molar-refractivity contribution in [3.05, 3.63) is 107 Å². The summed E-state index contributed by atoms with van der Waals surface area (Å²) in [6.45, 7) is 10.2. The summed E-state index contributed by atoms with van der Waals surface area (Å²) in [7, 11) is -3.95. The summed E-state index contributed by atoms with van der Waals surface area (Å²) in [4.78, 5) is 0.100. The number of ether oxygens (including phenoxy) is 2. The molecule has 4 aromatic rings. The van der Waals surface area contributed by atoms with Gasteiger partial charge in [0.05, 0.1) is 4.90 Å². The molecular weight excluding hydrogens is 560 g/mol. The quantitative estimate of drug-likeness (QED) is 0.234. The van der Waals surface area contributed by atoms with E-state index in [1.807, 2.05) is 32.0 Å². The maximum atomic E-state index is 13.7. The number of hydrogen-bond acceptors (Lipinski definition) is 6. The summed E-state index contributed by atoms with van der Waals surface area (Å²) in [6.07, 6.45) is 0. The lowest BCUT2D eigenvalue weighted by molar-refractivity contribution is 0.143. The standard InChI is InChI=1S/C36H34O6S/c1-25-22-27(18-20-35(3,4)37)24-30(23-25)41-29-14-16-31(17-15-29)43(39,40)34-13-8-7-11-33(34)42-32-12-9-10-28(26(32)2)19-21-36(5,6)38/h7-17,22-24,37-38H,1-6H3. The van der Waals surface area contributed by atoms with Crippen LogP contribution in [0.4, 0.5) is 0 Å². The Morgan fingerprint density at radius 1 is 0.674 bits per heavy atom. The number of aryl methyl sites for hydroxylation is 1. The van der Waals surface area contributed by atoms with Crippen molar-refractivity contribution in [1.82, 2.24) is 0 Å². The molecule has 4 aromatic carbocycles. The van der Waals surface area contributed by atoms with Crippen LogP contribution in [0.2, 0.25) is 0 Å². The van der Waals surface area contributed by atoms with Crippen LogP contribution in [0.5, 0.6) is 23.0 Å². The molecule has 43 heavy (non-hydrogen) atoms. The largest absolute Gasteiger partial charge is 0.457 e. The summed E-state index contributed by atoms with van der Waals surface area (Å²) < 4.78 is 39.6. The van der Waals surface area contributed by atoms with Gasteiger partial charge < -0.3 is 19.7 Å². The summed E-state index contributed by atoms with van der Waals surface area (Å²) in [5, 5.41) is 19.9. The van der Waals surface area contributed by atoms with Crippen molar-refractivity contribution in [3.63, 3.8) is 0 Å². The van der Waals surface area contributed by atoms with E-state index in [0.29, 0.717) is 28.4 Å². The molecule has 4 rings (SSSR count). The SMILES string of the molecule is Cc1cc(C#CC(C)(C)O)cc(Oc2ccc(S(=O)(=O)c3ccccc3Oc3cccc(C#CC(C)(C)O)c3C)cc2)c1. The maximum Gasteiger partial charge on any atom is 0.210 e. The van der Waals surface area contributed by atoms with Gasteiger partial charge in [0.1, 0.15) is 39.1 Å². The average Bonchev–Trinajstić information content (AvgIpc) is 2.92. The van der Waals surface area contributed by atoms with Crippen molar-refractivity contribution in [2.75, 3.05) is 0 Å². The van der Waals surface area contributed by atoms with Crippen molar-refractivity contribution in [3.8, 4) is 46.7 Å². The molecule has 0 saturated heterocycles. The zero-order valence-corrected chi connectivity index (χ0v) is 25.8. The van der Waals surface area contributed by atoms with E-state index in [0.717, 1.165) is 11.1 Å². The zero-order valence-electron chi connectivity index (χ0n) is 25.0. The van der Waals surface area contributed by atoms with Crippen LogP contribution in [0.15, 0.2) is 94.7 Å². The average molecular weight is 595 g/mol. The minimum Gasteiger partial charge on any atom is -0.457 e. The molecule has 0 fully saturated rings. The first-order valence-corrected chi connectivity index (χ1v) is 15.1. The van der Waals surface area contributed by atoms with Crippen molar-refractivity contribution >= 4 is 9.84 Å². The zero-order chi connectivity index (χ0) is 31.4. The van der Waals surface area contributed by atoms with Crippen LogP contribution < -0.4 is 9.47 Å². The highest BCUT2D eigenvalue weighted by atomic mass is 32.2. The van der Waals surface area contributed by atoms with E-state index in [9.17, 15) is 18.6 Å². The van der Waals surface area contributed by atoms with Crippen LogP contribution in [0.3, 0.4) is 0 Å². The Labute approximate surface area is 253 Å². The molecule has 0 spiro atoms. The highest BCUT2D eigenvalue weighted by molar-refractivity contribution is 7.91. The van der Waals surface area contributed by atoms with E-state index in [1.165, 1.54) is 18.2 Å². The molecule has 7 heteroatoms. The van der Waals surface area contributed by atoms with Gasteiger partial charge in [-0.1, -0.05) is 41.9 Å². The van der Waals surface area contributed by atoms with Gasteiger partial charge in [-0.25, -0.2) is 8.42 Å². The van der Waals surface area contributed by atoms with Crippen LogP contribution >= 0.6 is 0 Å². The molecule has 0 bridgehead atoms. The van der Waals surface area contributed by atoms with Crippen LogP contribution in [0.1, 0.15) is 49.9 Å². The molecule has 0 aliphatic heterocycles. The minimum absolute atomic E-state index is 0.0183. The Bertz CT molecular complexity index is 1870. The van der Waals surface area contributed by atoms with Crippen molar-refractivity contribution < 1.29 is 28.1 Å². The third-order valence-electron chi connectivity index (χ3n) is 6.08. The second-order valence-corrected chi connectivity index (χ2v) is 13.1. The lowest BCUT2D eigenvalue weighted by Crippen LogP contribution is -2.14. The Balaban J connectivity index is 1.59. The van der Waals surface area contributed by atoms with Gasteiger partial charge in [0.25, 0.3) is 0 Å². The number of aliphatic hydroxyl groups is 2. The van der Waals surface area contributed by atoms with Crippen molar-refractivity contribution in [2.24, 2.45) is 0 Å². The van der Waals surface area contributed by atoms with Crippen LogP contribution in [-0.2, 0) is 9.84 Å². The third-order valence-corrected chi connectivity index (χ3v) is 7.89. The molecule has 0 aliphatic rings. The fourth-order valence-corrected chi connectivity index (χ4v) is 5.39. The summed E-state index contributed by atoms with van der Waals surface area (Å²) in [5.74, 6) is 13.1. The van der Waals surface area contributed by atoms with Gasteiger partial charge in [0.2, 0.25) is 9.84 Å². The monoisotopic (exact) mass is 594 g/mol. The van der Waals surface area contributed by atoms with E-state index in [2.05, 4.69) is 23.7 Å².